The molecule has 0 saturated heterocycles. The van der Waals surface area contributed by atoms with Crippen molar-refractivity contribution in [2.75, 3.05) is 19.3 Å². The molecule has 0 radical (unpaired) electrons. The van der Waals surface area contributed by atoms with E-state index in [2.05, 4.69) is 15.4 Å². The number of nitrogens with one attached hydrogen (secondary N) is 3. The summed E-state index contributed by atoms with van der Waals surface area (Å²) in [6, 6.07) is 3.52. The van der Waals surface area contributed by atoms with Gasteiger partial charge in [-0.25, -0.2) is 13.1 Å². The predicted octanol–water partition coefficient (Wildman–Crippen LogP) is 5.84. The van der Waals surface area contributed by atoms with Crippen LogP contribution in [0.1, 0.15) is 187 Å². The van der Waals surface area contributed by atoms with Gasteiger partial charge in [-0.15, -0.1) is 0 Å². The number of nitrogens with zero attached hydrogens (tertiary/aromatic N) is 2. The van der Waals surface area contributed by atoms with Crippen molar-refractivity contribution in [2.24, 2.45) is 17.6 Å². The number of hydrogen-bond acceptors (Lipinski definition) is 9. The largest absolute Gasteiger partial charge is 0.340 e. The number of Topliss-reactive ketones (excluding diaryl/α,β-unsaturated/α-hetero) is 2. The van der Waals surface area contributed by atoms with Crippen LogP contribution in [0.3, 0.4) is 0 Å². The molecule has 14 nitrogen and oxygen atoms in total. The Morgan fingerprint density at radius 1 is 0.594 bits per heavy atom. The minimum Gasteiger partial charge on any atom is -0.340 e. The summed E-state index contributed by atoms with van der Waals surface area (Å²) >= 11 is 0. The number of amides is 2. The molecule has 5 N–H and O–H groups in total. The summed E-state index contributed by atoms with van der Waals surface area (Å²) in [5, 5.41) is 5.43. The van der Waals surface area contributed by atoms with E-state index in [0.29, 0.717) is 24.9 Å². The molecule has 2 heterocycles. The number of rotatable bonds is 14. The Kier molecular flexibility index (Phi) is 18.3. The average Bonchev–Trinajstić information content (AvgIpc) is 3.22. The molecule has 2 amide bonds. The fourth-order valence-electron chi connectivity index (χ4n) is 9.95. The highest BCUT2D eigenvalue weighted by Gasteiger charge is 2.33. The molecule has 64 heavy (non-hydrogen) atoms. The Bertz CT molecular complexity index is 2210. The highest BCUT2D eigenvalue weighted by molar-refractivity contribution is 7.88. The van der Waals surface area contributed by atoms with Crippen molar-refractivity contribution in [3.63, 3.8) is 0 Å². The lowest BCUT2D eigenvalue weighted by Gasteiger charge is -2.28. The lowest BCUT2D eigenvalue weighted by Crippen LogP contribution is -2.54. The van der Waals surface area contributed by atoms with E-state index in [-0.39, 0.29) is 34.6 Å². The van der Waals surface area contributed by atoms with Crippen molar-refractivity contribution in [1.82, 2.24) is 24.5 Å². The van der Waals surface area contributed by atoms with Crippen LogP contribution in [-0.4, -0.2) is 71.4 Å². The summed E-state index contributed by atoms with van der Waals surface area (Å²) in [6.45, 7) is 7.07. The number of nitrogens with two attached hydrogens (primary N) is 1. The van der Waals surface area contributed by atoms with Crippen LogP contribution in [0.15, 0.2) is 21.7 Å². The second kappa shape index (κ2) is 23.0. The standard InChI is InChI=1S/C25H39N3O5S.C24H37N3O3/c1-25(2,22(29)16-26-34(3,32)33)27-23(30)20-15-19-13-9-4-5-10-14-21(19)28(24(20)31)17-18-11-7-6-8-12-18;1-24(2,21(28)15-25)26-22(29)19-14-18-12-8-3-4-9-13-20(18)27(23(19)30)16-17-10-6-5-7-11-17/h15,18,26H,4-14,16-17H2,1-3H3,(H,27,30);14,17H,3-13,15-16,25H2,1-2H3,(H,26,29). The smallest absolute Gasteiger partial charge is 0.263 e. The number of ketones is 2. The van der Waals surface area contributed by atoms with Gasteiger partial charge in [0.2, 0.25) is 10.0 Å². The van der Waals surface area contributed by atoms with E-state index in [1.807, 2.05) is 9.13 Å². The monoisotopic (exact) mass is 909 g/mol. The molecule has 2 aromatic rings. The van der Waals surface area contributed by atoms with E-state index in [4.69, 9.17) is 5.73 Å². The summed E-state index contributed by atoms with van der Waals surface area (Å²) < 4.78 is 28.6. The fourth-order valence-corrected chi connectivity index (χ4v) is 10.3. The number of fused-ring (bicyclic) bond motifs is 2. The molecule has 2 fully saturated rings. The Morgan fingerprint density at radius 3 is 1.33 bits per heavy atom. The van der Waals surface area contributed by atoms with Gasteiger partial charge in [0, 0.05) is 24.5 Å². The highest BCUT2D eigenvalue weighted by Crippen LogP contribution is 2.29. The lowest BCUT2D eigenvalue weighted by atomic mass is 9.88. The van der Waals surface area contributed by atoms with Crippen LogP contribution >= 0.6 is 0 Å². The molecule has 0 bridgehead atoms. The van der Waals surface area contributed by atoms with Crippen molar-refractivity contribution in [3.05, 3.63) is 66.5 Å². The molecule has 2 aromatic heterocycles. The zero-order valence-corrected chi connectivity index (χ0v) is 40.2. The van der Waals surface area contributed by atoms with Gasteiger partial charge in [-0.05, 0) is 140 Å². The van der Waals surface area contributed by atoms with Crippen LogP contribution in [0.25, 0.3) is 0 Å². The lowest BCUT2D eigenvalue weighted by molar-refractivity contribution is -0.123. The normalized spacial score (nSPS) is 18.1. The van der Waals surface area contributed by atoms with Crippen molar-refractivity contribution >= 4 is 33.4 Å². The molecular weight excluding hydrogens is 833 g/mol. The number of hydrogen-bond donors (Lipinski definition) is 4. The second-order valence-corrected chi connectivity index (χ2v) is 21.9. The first-order valence-electron chi connectivity index (χ1n) is 24.2. The van der Waals surface area contributed by atoms with Crippen molar-refractivity contribution in [2.45, 2.75) is 193 Å². The van der Waals surface area contributed by atoms with Crippen molar-refractivity contribution in [1.29, 1.82) is 0 Å². The molecule has 0 aliphatic heterocycles. The number of sulfonamides is 1. The molecule has 4 aliphatic rings. The number of pyridine rings is 2. The molecule has 0 spiro atoms. The topological polar surface area (TPSA) is 209 Å². The van der Waals surface area contributed by atoms with E-state index >= 15 is 0 Å². The van der Waals surface area contributed by atoms with Crippen LogP contribution in [-0.2, 0) is 58.4 Å². The SMILES string of the molecule is CC(C)(NC(=O)c1cc2c(n(CC3CCCCC3)c1=O)CCCCCC2)C(=O)CN.CC(C)(NC(=O)c1cc2c(n(CC3CCCCC3)c1=O)CCCCCC2)C(=O)CNS(C)(=O)=O. The minimum atomic E-state index is -3.54. The summed E-state index contributed by atoms with van der Waals surface area (Å²) in [4.78, 5) is 78.1. The Hall–Kier alpha value is -3.95. The van der Waals surface area contributed by atoms with Gasteiger partial charge >= 0.3 is 0 Å². The van der Waals surface area contributed by atoms with Gasteiger partial charge in [-0.2, -0.15) is 0 Å². The second-order valence-electron chi connectivity index (χ2n) is 20.0. The molecule has 4 aliphatic carbocycles. The van der Waals surface area contributed by atoms with Crippen LogP contribution < -0.4 is 32.2 Å². The Morgan fingerprint density at radius 2 is 0.953 bits per heavy atom. The maximum atomic E-state index is 13.6. The summed E-state index contributed by atoms with van der Waals surface area (Å²) in [7, 11) is -3.54. The van der Waals surface area contributed by atoms with E-state index in [1.54, 1.807) is 26.0 Å². The van der Waals surface area contributed by atoms with Crippen LogP contribution in [0.2, 0.25) is 0 Å². The van der Waals surface area contributed by atoms with E-state index in [1.165, 1.54) is 65.2 Å². The molecule has 2 saturated carbocycles. The molecule has 6 rings (SSSR count). The first-order valence-corrected chi connectivity index (χ1v) is 26.1. The van der Waals surface area contributed by atoms with E-state index < -0.39 is 45.2 Å². The third kappa shape index (κ3) is 14.0. The molecule has 356 valence electrons. The molecule has 0 aromatic carbocycles. The van der Waals surface area contributed by atoms with Crippen molar-refractivity contribution in [3.8, 4) is 0 Å². The highest BCUT2D eigenvalue weighted by atomic mass is 32.2. The number of carbonyl (C=O) groups excluding carboxylic acids is 4. The van der Waals surface area contributed by atoms with Gasteiger partial charge in [-0.1, -0.05) is 64.2 Å². The van der Waals surface area contributed by atoms with Crippen molar-refractivity contribution < 1.29 is 27.6 Å². The Balaban J connectivity index is 0.000000243. The fraction of sp³-hybridized carbons (Fsp3) is 0.714. The summed E-state index contributed by atoms with van der Waals surface area (Å²) in [5.74, 6) is -0.873. The number of aryl methyl sites for hydroxylation is 2. The third-order valence-electron chi connectivity index (χ3n) is 13.9. The minimum absolute atomic E-state index is 0.0621. The summed E-state index contributed by atoms with van der Waals surface area (Å²) in [5.41, 5.74) is 7.14. The first-order chi connectivity index (χ1) is 30.3. The Labute approximate surface area is 380 Å². The van der Waals surface area contributed by atoms with Gasteiger partial charge in [0.05, 0.1) is 30.4 Å². The molecule has 15 heteroatoms. The molecular formula is C49H76N6O8S. The van der Waals surface area contributed by atoms with Crippen LogP contribution in [0, 0.1) is 11.8 Å². The van der Waals surface area contributed by atoms with E-state index in [0.717, 1.165) is 119 Å². The maximum absolute atomic E-state index is 13.6. The first kappa shape index (κ1) is 51.0. The van der Waals surface area contributed by atoms with Gasteiger partial charge in [0.1, 0.15) is 11.1 Å². The molecule has 0 atom stereocenters. The van der Waals surface area contributed by atoms with Gasteiger partial charge in [-0.3, -0.25) is 28.8 Å². The van der Waals surface area contributed by atoms with Crippen LogP contribution in [0.5, 0.6) is 0 Å². The van der Waals surface area contributed by atoms with Gasteiger partial charge in [0.25, 0.3) is 22.9 Å². The van der Waals surface area contributed by atoms with Gasteiger partial charge in [0.15, 0.2) is 11.6 Å². The average molecular weight is 909 g/mol. The summed E-state index contributed by atoms with van der Waals surface area (Å²) in [6.07, 6.45) is 25.1. The number of aromatic nitrogens is 2. The predicted molar refractivity (Wildman–Crippen MR) is 251 cm³/mol. The van der Waals surface area contributed by atoms with Crippen LogP contribution in [0.4, 0.5) is 0 Å². The quantitative estimate of drug-likeness (QED) is 0.179. The molecule has 0 unspecified atom stereocenters. The zero-order chi connectivity index (χ0) is 46.7. The number of carbonyl (C=O) groups is 4. The third-order valence-corrected chi connectivity index (χ3v) is 14.6. The zero-order valence-electron chi connectivity index (χ0n) is 39.3. The van der Waals surface area contributed by atoms with Gasteiger partial charge < -0.3 is 25.5 Å². The van der Waals surface area contributed by atoms with E-state index in [9.17, 15) is 37.2 Å². The maximum Gasteiger partial charge on any atom is 0.263 e.